The molecule has 0 heterocycles. The molecule has 1 aromatic carbocycles. The van der Waals surface area contributed by atoms with E-state index < -0.39 is 0 Å². The Hall–Kier alpha value is -0.820. The minimum atomic E-state index is 0.821. The number of hydrogen-bond donors (Lipinski definition) is 0. The maximum Gasteiger partial charge on any atom is 0.00157 e. The van der Waals surface area contributed by atoms with Gasteiger partial charge in [-0.15, -0.1) is 0 Å². The van der Waals surface area contributed by atoms with Gasteiger partial charge >= 0.3 is 0 Å². The summed E-state index contributed by atoms with van der Waals surface area (Å²) in [7, 11) is 4.33. The van der Waals surface area contributed by atoms with Gasteiger partial charge in [-0.2, -0.15) is 0 Å². The first kappa shape index (κ1) is 28.2. The molecule has 204 valence electrons. The molecule has 0 bridgehead atoms. The summed E-state index contributed by atoms with van der Waals surface area (Å²) in [6.45, 7) is 3.48. The van der Waals surface area contributed by atoms with Crippen molar-refractivity contribution in [2.75, 3.05) is 20.6 Å². The fourth-order valence-electron chi connectivity index (χ4n) is 8.14. The molecule has 1 nitrogen and oxygen atoms in total. The molecule has 0 aromatic heterocycles. The summed E-state index contributed by atoms with van der Waals surface area (Å²) in [5.74, 6) is 6.14. The molecule has 3 aliphatic rings. The zero-order chi connectivity index (χ0) is 25.2. The lowest BCUT2D eigenvalue weighted by Gasteiger charge is -2.38. The summed E-state index contributed by atoms with van der Waals surface area (Å²) in [4.78, 5) is 2.28. The highest BCUT2D eigenvalue weighted by molar-refractivity contribution is 5.26. The van der Waals surface area contributed by atoms with E-state index in [9.17, 15) is 0 Å². The Balaban J connectivity index is 1.08. The third-order valence-electron chi connectivity index (χ3n) is 10.8. The van der Waals surface area contributed by atoms with Gasteiger partial charge in [0.25, 0.3) is 0 Å². The molecule has 0 aliphatic heterocycles. The van der Waals surface area contributed by atoms with Gasteiger partial charge in [0, 0.05) is 6.54 Å². The van der Waals surface area contributed by atoms with E-state index in [1.54, 1.807) is 56.9 Å². The fourth-order valence-corrected chi connectivity index (χ4v) is 8.14. The maximum absolute atomic E-state index is 2.44. The Morgan fingerprint density at radius 1 is 0.611 bits per heavy atom. The Bertz CT molecular complexity index is 697. The quantitative estimate of drug-likeness (QED) is 0.262. The number of rotatable bonds is 12. The zero-order valence-electron chi connectivity index (χ0n) is 24.4. The third kappa shape index (κ3) is 8.89. The zero-order valence-corrected chi connectivity index (χ0v) is 24.4. The molecule has 0 unspecified atom stereocenters. The minimum absolute atomic E-state index is 0.821. The standard InChI is InChI=1S/C35H59N/c1-4-5-6-7-28-10-18-32(19-11-28)33-20-12-29(13-21-33)8-9-30-14-22-34(23-15-30)35-24-16-31(17-25-35)26-27-36(2)3/h16-17,24-25,28-30,32-34H,4-15,18-23,26-27H2,1-3H3. The molecule has 0 N–H and O–H groups in total. The van der Waals surface area contributed by atoms with E-state index >= 15 is 0 Å². The highest BCUT2D eigenvalue weighted by Crippen LogP contribution is 2.44. The van der Waals surface area contributed by atoms with Crippen molar-refractivity contribution in [3.05, 3.63) is 35.4 Å². The van der Waals surface area contributed by atoms with Gasteiger partial charge in [-0.1, -0.05) is 95.4 Å². The van der Waals surface area contributed by atoms with E-state index in [1.165, 1.54) is 76.2 Å². The molecule has 0 amide bonds. The van der Waals surface area contributed by atoms with Gasteiger partial charge in [0.05, 0.1) is 0 Å². The van der Waals surface area contributed by atoms with Crippen molar-refractivity contribution in [3.63, 3.8) is 0 Å². The van der Waals surface area contributed by atoms with E-state index in [0.29, 0.717) is 0 Å². The van der Waals surface area contributed by atoms with Crippen molar-refractivity contribution in [2.24, 2.45) is 29.6 Å². The van der Waals surface area contributed by atoms with E-state index in [2.05, 4.69) is 50.2 Å². The topological polar surface area (TPSA) is 3.24 Å². The minimum Gasteiger partial charge on any atom is -0.309 e. The van der Waals surface area contributed by atoms with Crippen molar-refractivity contribution in [1.82, 2.24) is 4.90 Å². The summed E-state index contributed by atoms with van der Waals surface area (Å²) in [5.41, 5.74) is 3.10. The third-order valence-corrected chi connectivity index (χ3v) is 10.8. The van der Waals surface area contributed by atoms with E-state index in [-0.39, 0.29) is 0 Å². The Kier molecular flexibility index (Phi) is 11.7. The second-order valence-electron chi connectivity index (χ2n) is 13.6. The van der Waals surface area contributed by atoms with Crippen molar-refractivity contribution in [2.45, 2.75) is 135 Å². The highest BCUT2D eigenvalue weighted by Gasteiger charge is 2.31. The second-order valence-corrected chi connectivity index (χ2v) is 13.6. The van der Waals surface area contributed by atoms with Gasteiger partial charge in [-0.3, -0.25) is 0 Å². The van der Waals surface area contributed by atoms with Gasteiger partial charge in [0.1, 0.15) is 0 Å². The van der Waals surface area contributed by atoms with E-state index in [4.69, 9.17) is 0 Å². The molecule has 1 heteroatoms. The SMILES string of the molecule is CCCCCC1CCC(C2CCC(CCC3CCC(c4ccc(CCN(C)C)cc4)CC3)CC2)CC1. The normalized spacial score (nSPS) is 31.6. The average molecular weight is 494 g/mol. The van der Waals surface area contributed by atoms with Gasteiger partial charge in [-0.05, 0) is 119 Å². The Labute approximate surface area is 225 Å². The van der Waals surface area contributed by atoms with Crippen LogP contribution in [-0.2, 0) is 6.42 Å². The molecule has 0 atom stereocenters. The fraction of sp³-hybridized carbons (Fsp3) is 0.829. The molecule has 3 fully saturated rings. The Morgan fingerprint density at radius 2 is 1.11 bits per heavy atom. The van der Waals surface area contributed by atoms with Gasteiger partial charge in [0.2, 0.25) is 0 Å². The molecule has 0 radical (unpaired) electrons. The largest absolute Gasteiger partial charge is 0.309 e. The molecular weight excluding hydrogens is 434 g/mol. The van der Waals surface area contributed by atoms with Crippen LogP contribution in [0.2, 0.25) is 0 Å². The van der Waals surface area contributed by atoms with Crippen LogP contribution in [0.1, 0.15) is 140 Å². The van der Waals surface area contributed by atoms with E-state index in [0.717, 1.165) is 42.1 Å². The predicted octanol–water partition coefficient (Wildman–Crippen LogP) is 10.0. The van der Waals surface area contributed by atoms with Crippen LogP contribution in [0.15, 0.2) is 24.3 Å². The van der Waals surface area contributed by atoms with E-state index in [1.807, 2.05) is 0 Å². The highest BCUT2D eigenvalue weighted by atomic mass is 15.0. The summed E-state index contributed by atoms with van der Waals surface area (Å²) in [5, 5.41) is 0. The number of hydrogen-bond acceptors (Lipinski definition) is 1. The van der Waals surface area contributed by atoms with Crippen LogP contribution in [0.25, 0.3) is 0 Å². The summed E-state index contributed by atoms with van der Waals surface area (Å²) >= 11 is 0. The lowest BCUT2D eigenvalue weighted by atomic mass is 9.67. The summed E-state index contributed by atoms with van der Waals surface area (Å²) < 4.78 is 0. The number of nitrogens with zero attached hydrogens (tertiary/aromatic N) is 1. The second kappa shape index (κ2) is 14.9. The average Bonchev–Trinajstić information content (AvgIpc) is 2.92. The van der Waals surface area contributed by atoms with Gasteiger partial charge in [0.15, 0.2) is 0 Å². The predicted molar refractivity (Wildman–Crippen MR) is 158 cm³/mol. The smallest absolute Gasteiger partial charge is 0.00157 e. The van der Waals surface area contributed by atoms with Crippen molar-refractivity contribution in [3.8, 4) is 0 Å². The maximum atomic E-state index is 2.44. The van der Waals surface area contributed by atoms with Crippen LogP contribution in [0.5, 0.6) is 0 Å². The monoisotopic (exact) mass is 493 g/mol. The van der Waals surface area contributed by atoms with Crippen molar-refractivity contribution in [1.29, 1.82) is 0 Å². The van der Waals surface area contributed by atoms with Gasteiger partial charge in [-0.25, -0.2) is 0 Å². The van der Waals surface area contributed by atoms with Crippen LogP contribution in [0.3, 0.4) is 0 Å². The molecule has 36 heavy (non-hydrogen) atoms. The first-order valence-electron chi connectivity index (χ1n) is 16.3. The molecule has 1 aromatic rings. The first-order valence-corrected chi connectivity index (χ1v) is 16.3. The summed E-state index contributed by atoms with van der Waals surface area (Å²) in [6, 6.07) is 9.65. The van der Waals surface area contributed by atoms with Crippen LogP contribution < -0.4 is 0 Å². The molecular formula is C35H59N. The molecule has 0 saturated heterocycles. The van der Waals surface area contributed by atoms with Crippen LogP contribution in [0.4, 0.5) is 0 Å². The van der Waals surface area contributed by atoms with Crippen LogP contribution in [0, 0.1) is 29.6 Å². The number of unbranched alkanes of at least 4 members (excludes halogenated alkanes) is 2. The molecule has 4 rings (SSSR count). The molecule has 3 saturated carbocycles. The van der Waals surface area contributed by atoms with Gasteiger partial charge < -0.3 is 4.90 Å². The number of benzene rings is 1. The first-order chi connectivity index (χ1) is 17.6. The van der Waals surface area contributed by atoms with Crippen LogP contribution in [-0.4, -0.2) is 25.5 Å². The van der Waals surface area contributed by atoms with Crippen LogP contribution >= 0.6 is 0 Å². The molecule has 0 spiro atoms. The lowest BCUT2D eigenvalue weighted by molar-refractivity contribution is 0.136. The Morgan fingerprint density at radius 3 is 1.61 bits per heavy atom. The molecule has 3 aliphatic carbocycles. The lowest BCUT2D eigenvalue weighted by Crippen LogP contribution is -2.26. The number of likely N-dealkylation sites (N-methyl/N-ethyl adjacent to an activating group) is 1. The van der Waals surface area contributed by atoms with Crippen molar-refractivity contribution >= 4 is 0 Å². The van der Waals surface area contributed by atoms with Crippen molar-refractivity contribution < 1.29 is 0 Å². The summed E-state index contributed by atoms with van der Waals surface area (Å²) in [6.07, 6.45) is 28.3.